The maximum Gasteiger partial charge on any atom is 0.412 e. The molecule has 1 rings (SSSR count). The average molecular weight is 316 g/mol. The van der Waals surface area contributed by atoms with Gasteiger partial charge >= 0.3 is 12.1 Å². The molecule has 0 fully saturated rings. The van der Waals surface area contributed by atoms with E-state index in [-0.39, 0.29) is 10.6 Å². The lowest BCUT2D eigenvalue weighted by molar-refractivity contribution is -0.139. The van der Waals surface area contributed by atoms with Crippen molar-refractivity contribution < 1.29 is 24.5 Å². The van der Waals surface area contributed by atoms with Crippen LogP contribution in [0.1, 0.15) is 38.9 Å². The summed E-state index contributed by atoms with van der Waals surface area (Å²) in [6.07, 6.45) is -2.28. The third-order valence-electron chi connectivity index (χ3n) is 2.37. The van der Waals surface area contributed by atoms with Gasteiger partial charge in [0.05, 0.1) is 12.5 Å². The standard InChI is InChI=1S/C14H18ClNO5/c1-14(2,3)21-13(20)16-8-4-5-9(10(15)6-8)11(17)7-12(18)19/h4-6,11,17H,7H2,1-3H3,(H,16,20)(H,18,19). The summed E-state index contributed by atoms with van der Waals surface area (Å²) in [4.78, 5) is 22.2. The Bertz CT molecular complexity index is 539. The molecule has 0 saturated carbocycles. The summed E-state index contributed by atoms with van der Waals surface area (Å²) in [5.74, 6) is -1.13. The number of halogens is 1. The minimum atomic E-state index is -1.20. The molecule has 1 aromatic rings. The summed E-state index contributed by atoms with van der Waals surface area (Å²) in [6.45, 7) is 5.22. The number of amides is 1. The van der Waals surface area contributed by atoms with E-state index < -0.39 is 30.2 Å². The molecular formula is C14H18ClNO5. The molecule has 1 aromatic carbocycles. The summed E-state index contributed by atoms with van der Waals surface area (Å²) in [5.41, 5.74) is 0.0558. The Balaban J connectivity index is 2.78. The molecule has 0 saturated heterocycles. The van der Waals surface area contributed by atoms with Crippen LogP contribution in [0.15, 0.2) is 18.2 Å². The number of ether oxygens (including phenoxy) is 1. The van der Waals surface area contributed by atoms with E-state index in [0.29, 0.717) is 5.69 Å². The second-order valence-electron chi connectivity index (χ2n) is 5.48. The van der Waals surface area contributed by atoms with E-state index in [1.54, 1.807) is 20.8 Å². The Kier molecular flexibility index (Phi) is 5.57. The number of aliphatic hydroxyl groups excluding tert-OH is 1. The molecule has 3 N–H and O–H groups in total. The lowest BCUT2D eigenvalue weighted by Gasteiger charge is -2.20. The van der Waals surface area contributed by atoms with Crippen molar-refractivity contribution in [3.63, 3.8) is 0 Å². The van der Waals surface area contributed by atoms with Crippen molar-refractivity contribution in [1.82, 2.24) is 0 Å². The van der Waals surface area contributed by atoms with E-state index >= 15 is 0 Å². The van der Waals surface area contributed by atoms with Crippen LogP contribution in [0, 0.1) is 0 Å². The maximum atomic E-state index is 11.6. The predicted molar refractivity (Wildman–Crippen MR) is 78.5 cm³/mol. The van der Waals surface area contributed by atoms with Crippen molar-refractivity contribution in [2.75, 3.05) is 5.32 Å². The molecule has 0 aliphatic rings. The smallest absolute Gasteiger partial charge is 0.412 e. The first-order chi connectivity index (χ1) is 9.58. The summed E-state index contributed by atoms with van der Waals surface area (Å²) in [5, 5.41) is 21.0. The largest absolute Gasteiger partial charge is 0.481 e. The maximum absolute atomic E-state index is 11.6. The normalized spacial score (nSPS) is 12.6. The number of carboxylic acid groups (broad SMARTS) is 1. The van der Waals surface area contributed by atoms with E-state index in [1.165, 1.54) is 18.2 Å². The number of hydrogen-bond acceptors (Lipinski definition) is 4. The highest BCUT2D eigenvalue weighted by molar-refractivity contribution is 6.31. The number of anilines is 1. The van der Waals surface area contributed by atoms with Crippen LogP contribution in [0.25, 0.3) is 0 Å². The highest BCUT2D eigenvalue weighted by Gasteiger charge is 2.18. The number of aliphatic hydroxyl groups is 1. The van der Waals surface area contributed by atoms with Crippen LogP contribution in [-0.4, -0.2) is 27.9 Å². The molecule has 6 nitrogen and oxygen atoms in total. The van der Waals surface area contributed by atoms with Crippen LogP contribution in [0.3, 0.4) is 0 Å². The Labute approximate surface area is 127 Å². The summed E-state index contributed by atoms with van der Waals surface area (Å²) in [7, 11) is 0. The number of rotatable bonds is 4. The van der Waals surface area contributed by atoms with Gasteiger partial charge in [-0.3, -0.25) is 10.1 Å². The summed E-state index contributed by atoms with van der Waals surface area (Å²) >= 11 is 5.98. The van der Waals surface area contributed by atoms with Crippen LogP contribution in [-0.2, 0) is 9.53 Å². The molecule has 0 bridgehead atoms. The van der Waals surface area contributed by atoms with Gasteiger partial charge < -0.3 is 14.9 Å². The number of nitrogens with one attached hydrogen (secondary N) is 1. The zero-order valence-electron chi connectivity index (χ0n) is 12.0. The fraction of sp³-hybridized carbons (Fsp3) is 0.429. The summed E-state index contributed by atoms with van der Waals surface area (Å²) < 4.78 is 5.09. The number of benzene rings is 1. The van der Waals surface area contributed by atoms with Gasteiger partial charge in [0, 0.05) is 10.7 Å². The topological polar surface area (TPSA) is 95.9 Å². The molecular weight excluding hydrogens is 298 g/mol. The van der Waals surface area contributed by atoms with Crippen molar-refractivity contribution in [3.8, 4) is 0 Å². The van der Waals surface area contributed by atoms with Gasteiger partial charge in [-0.1, -0.05) is 17.7 Å². The fourth-order valence-electron chi connectivity index (χ4n) is 1.57. The molecule has 7 heteroatoms. The van der Waals surface area contributed by atoms with Crippen molar-refractivity contribution in [1.29, 1.82) is 0 Å². The van der Waals surface area contributed by atoms with Gasteiger partial charge in [0.1, 0.15) is 5.60 Å². The molecule has 0 aliphatic heterocycles. The van der Waals surface area contributed by atoms with E-state index in [2.05, 4.69) is 5.32 Å². The van der Waals surface area contributed by atoms with Gasteiger partial charge in [-0.25, -0.2) is 4.79 Å². The Morgan fingerprint density at radius 3 is 2.48 bits per heavy atom. The van der Waals surface area contributed by atoms with Crippen LogP contribution >= 0.6 is 11.6 Å². The number of carbonyl (C=O) groups excluding carboxylic acids is 1. The first-order valence-corrected chi connectivity index (χ1v) is 6.65. The van der Waals surface area contributed by atoms with Gasteiger partial charge in [0.25, 0.3) is 0 Å². The molecule has 0 aliphatic carbocycles. The van der Waals surface area contributed by atoms with Crippen molar-refractivity contribution in [3.05, 3.63) is 28.8 Å². The van der Waals surface area contributed by atoms with Crippen molar-refractivity contribution in [2.45, 2.75) is 38.9 Å². The fourth-order valence-corrected chi connectivity index (χ4v) is 1.88. The zero-order valence-corrected chi connectivity index (χ0v) is 12.8. The van der Waals surface area contributed by atoms with E-state index in [0.717, 1.165) is 0 Å². The number of hydrogen-bond donors (Lipinski definition) is 3. The van der Waals surface area contributed by atoms with Crippen molar-refractivity contribution in [2.24, 2.45) is 0 Å². The third-order valence-corrected chi connectivity index (χ3v) is 2.70. The molecule has 1 atom stereocenters. The first-order valence-electron chi connectivity index (χ1n) is 6.28. The predicted octanol–water partition coefficient (Wildman–Crippen LogP) is 3.20. The first kappa shape index (κ1) is 17.3. The van der Waals surface area contributed by atoms with E-state index in [1.807, 2.05) is 0 Å². The Hall–Kier alpha value is -1.79. The average Bonchev–Trinajstić information content (AvgIpc) is 2.24. The number of aliphatic carboxylic acids is 1. The summed E-state index contributed by atoms with van der Waals surface area (Å²) in [6, 6.07) is 4.39. The van der Waals surface area contributed by atoms with Crippen LogP contribution in [0.4, 0.5) is 10.5 Å². The lowest BCUT2D eigenvalue weighted by Crippen LogP contribution is -2.27. The SMILES string of the molecule is CC(C)(C)OC(=O)Nc1ccc(C(O)CC(=O)O)c(Cl)c1. The van der Waals surface area contributed by atoms with Gasteiger partial charge in [-0.05, 0) is 38.5 Å². The second kappa shape index (κ2) is 6.78. The zero-order chi connectivity index (χ0) is 16.2. The molecule has 21 heavy (non-hydrogen) atoms. The molecule has 0 spiro atoms. The molecule has 116 valence electrons. The molecule has 1 unspecified atom stereocenters. The molecule has 0 aromatic heterocycles. The molecule has 0 heterocycles. The minimum absolute atomic E-state index is 0.164. The molecule has 0 radical (unpaired) electrons. The van der Waals surface area contributed by atoms with Crippen LogP contribution in [0.2, 0.25) is 5.02 Å². The lowest BCUT2D eigenvalue weighted by atomic mass is 10.1. The minimum Gasteiger partial charge on any atom is -0.481 e. The number of carbonyl (C=O) groups is 2. The highest BCUT2D eigenvalue weighted by atomic mass is 35.5. The van der Waals surface area contributed by atoms with E-state index in [4.69, 9.17) is 21.4 Å². The molecule has 1 amide bonds. The van der Waals surface area contributed by atoms with E-state index in [9.17, 15) is 14.7 Å². The monoisotopic (exact) mass is 315 g/mol. The third kappa shape index (κ3) is 6.01. The van der Waals surface area contributed by atoms with Gasteiger partial charge in [-0.15, -0.1) is 0 Å². The van der Waals surface area contributed by atoms with Crippen molar-refractivity contribution >= 4 is 29.4 Å². The number of carboxylic acids is 1. The second-order valence-corrected chi connectivity index (χ2v) is 5.88. The Morgan fingerprint density at radius 1 is 1.38 bits per heavy atom. The van der Waals surface area contributed by atoms with Gasteiger partial charge in [0.2, 0.25) is 0 Å². The highest BCUT2D eigenvalue weighted by Crippen LogP contribution is 2.28. The van der Waals surface area contributed by atoms with Crippen LogP contribution in [0.5, 0.6) is 0 Å². The van der Waals surface area contributed by atoms with Gasteiger partial charge in [0.15, 0.2) is 0 Å². The quantitative estimate of drug-likeness (QED) is 0.793. The van der Waals surface area contributed by atoms with Gasteiger partial charge in [-0.2, -0.15) is 0 Å². The van der Waals surface area contributed by atoms with Crippen LogP contribution < -0.4 is 5.32 Å². The Morgan fingerprint density at radius 2 is 2.00 bits per heavy atom.